The second kappa shape index (κ2) is 7.38. The first-order valence-electron chi connectivity index (χ1n) is 6.53. The van der Waals surface area contributed by atoms with Crippen LogP contribution in [0, 0.1) is 3.57 Å². The molecule has 0 aliphatic carbocycles. The predicted octanol–water partition coefficient (Wildman–Crippen LogP) is 4.31. The van der Waals surface area contributed by atoms with Gasteiger partial charge in [0.25, 0.3) is 0 Å². The molecule has 0 amide bonds. The number of nitrogens with one attached hydrogen (secondary N) is 1. The van der Waals surface area contributed by atoms with Gasteiger partial charge < -0.3 is 14.8 Å². The fraction of sp³-hybridized carbons (Fsp3) is 0.250. The summed E-state index contributed by atoms with van der Waals surface area (Å²) < 4.78 is 12.3. The Hall–Kier alpha value is -1.43. The first kappa shape index (κ1) is 15.0. The molecule has 2 aromatic rings. The van der Waals surface area contributed by atoms with Gasteiger partial charge in [-0.15, -0.1) is 0 Å². The lowest BCUT2D eigenvalue weighted by atomic mass is 10.1. The van der Waals surface area contributed by atoms with E-state index < -0.39 is 0 Å². The molecule has 4 heteroatoms. The van der Waals surface area contributed by atoms with E-state index in [0.29, 0.717) is 13.2 Å². The van der Waals surface area contributed by atoms with Crippen LogP contribution in [0.2, 0.25) is 0 Å². The average Bonchev–Trinajstić information content (AvgIpc) is 2.47. The molecule has 0 aliphatic rings. The number of halogens is 1. The number of para-hydroxylation sites is 2. The molecule has 0 spiro atoms. The third kappa shape index (κ3) is 3.56. The molecule has 0 radical (unpaired) electrons. The molecule has 0 fully saturated rings. The van der Waals surface area contributed by atoms with Crippen LogP contribution in [0.5, 0.6) is 11.5 Å². The number of benzene rings is 2. The van der Waals surface area contributed by atoms with E-state index in [2.05, 4.69) is 40.0 Å². The Balaban J connectivity index is 2.17. The summed E-state index contributed by atoms with van der Waals surface area (Å²) in [6.45, 7) is 3.30. The zero-order chi connectivity index (χ0) is 14.4. The van der Waals surface area contributed by atoms with Crippen molar-refractivity contribution in [2.24, 2.45) is 0 Å². The fourth-order valence-corrected chi connectivity index (χ4v) is 2.57. The summed E-state index contributed by atoms with van der Waals surface area (Å²) in [6, 6.07) is 14.2. The zero-order valence-corrected chi connectivity index (χ0v) is 13.8. The van der Waals surface area contributed by atoms with E-state index in [9.17, 15) is 0 Å². The minimum Gasteiger partial charge on any atom is -0.493 e. The van der Waals surface area contributed by atoms with Crippen molar-refractivity contribution in [1.29, 1.82) is 0 Å². The Bertz CT molecular complexity index is 572. The number of methoxy groups -OCH3 is 1. The van der Waals surface area contributed by atoms with Crippen molar-refractivity contribution in [3.05, 3.63) is 51.6 Å². The highest BCUT2D eigenvalue weighted by Crippen LogP contribution is 2.31. The van der Waals surface area contributed by atoms with Crippen LogP contribution < -0.4 is 14.8 Å². The van der Waals surface area contributed by atoms with Crippen molar-refractivity contribution in [1.82, 2.24) is 0 Å². The van der Waals surface area contributed by atoms with Gasteiger partial charge in [-0.25, -0.2) is 0 Å². The topological polar surface area (TPSA) is 30.5 Å². The van der Waals surface area contributed by atoms with E-state index in [1.807, 2.05) is 37.3 Å². The van der Waals surface area contributed by atoms with Crippen LogP contribution in [0.15, 0.2) is 42.5 Å². The van der Waals surface area contributed by atoms with Crippen molar-refractivity contribution in [2.45, 2.75) is 13.5 Å². The molecule has 1 N–H and O–H groups in total. The van der Waals surface area contributed by atoms with Gasteiger partial charge in [-0.05, 0) is 47.7 Å². The molecule has 0 unspecified atom stereocenters. The van der Waals surface area contributed by atoms with Crippen LogP contribution in [0.3, 0.4) is 0 Å². The molecule has 2 aromatic carbocycles. The van der Waals surface area contributed by atoms with Crippen LogP contribution in [-0.4, -0.2) is 13.7 Å². The van der Waals surface area contributed by atoms with Crippen molar-refractivity contribution in [3.63, 3.8) is 0 Å². The van der Waals surface area contributed by atoms with Crippen LogP contribution in [-0.2, 0) is 6.54 Å². The van der Waals surface area contributed by atoms with Gasteiger partial charge >= 0.3 is 0 Å². The molecular formula is C16H18INO2. The van der Waals surface area contributed by atoms with Crippen molar-refractivity contribution >= 4 is 28.3 Å². The quantitative estimate of drug-likeness (QED) is 0.755. The molecular weight excluding hydrogens is 365 g/mol. The van der Waals surface area contributed by atoms with E-state index in [4.69, 9.17) is 9.47 Å². The van der Waals surface area contributed by atoms with E-state index in [0.717, 1.165) is 22.7 Å². The number of rotatable bonds is 6. The molecule has 2 rings (SSSR count). The average molecular weight is 383 g/mol. The van der Waals surface area contributed by atoms with Gasteiger partial charge in [-0.3, -0.25) is 0 Å². The molecule has 0 aliphatic heterocycles. The Morgan fingerprint density at radius 2 is 1.90 bits per heavy atom. The maximum Gasteiger partial charge on any atom is 0.165 e. The Kier molecular flexibility index (Phi) is 5.52. The van der Waals surface area contributed by atoms with Crippen molar-refractivity contribution in [2.75, 3.05) is 19.0 Å². The highest BCUT2D eigenvalue weighted by molar-refractivity contribution is 14.1. The van der Waals surface area contributed by atoms with Gasteiger partial charge in [0.1, 0.15) is 0 Å². The third-order valence-corrected chi connectivity index (χ3v) is 3.85. The molecule has 0 bridgehead atoms. The Labute approximate surface area is 133 Å². The SMILES string of the molecule is CCOc1cccc(CNc2ccccc2I)c1OC. The van der Waals surface area contributed by atoms with Gasteiger partial charge in [-0.2, -0.15) is 0 Å². The molecule has 0 heterocycles. The number of hydrogen-bond acceptors (Lipinski definition) is 3. The maximum atomic E-state index is 5.59. The normalized spacial score (nSPS) is 10.2. The second-order valence-electron chi connectivity index (χ2n) is 4.21. The number of ether oxygens (including phenoxy) is 2. The second-order valence-corrected chi connectivity index (χ2v) is 5.38. The van der Waals surface area contributed by atoms with Crippen LogP contribution >= 0.6 is 22.6 Å². The van der Waals surface area contributed by atoms with Gasteiger partial charge in [0.05, 0.1) is 13.7 Å². The van der Waals surface area contributed by atoms with Crippen LogP contribution in [0.25, 0.3) is 0 Å². The minimum absolute atomic E-state index is 0.629. The predicted molar refractivity (Wildman–Crippen MR) is 90.6 cm³/mol. The van der Waals surface area contributed by atoms with Crippen LogP contribution in [0.4, 0.5) is 5.69 Å². The maximum absolute atomic E-state index is 5.59. The summed E-state index contributed by atoms with van der Waals surface area (Å²) in [5.74, 6) is 1.59. The molecule has 0 saturated carbocycles. The molecule has 0 aromatic heterocycles. The van der Waals surface area contributed by atoms with E-state index in [-0.39, 0.29) is 0 Å². The van der Waals surface area contributed by atoms with Crippen molar-refractivity contribution in [3.8, 4) is 11.5 Å². The molecule has 0 saturated heterocycles. The van der Waals surface area contributed by atoms with E-state index >= 15 is 0 Å². The first-order chi connectivity index (χ1) is 9.76. The van der Waals surface area contributed by atoms with E-state index in [1.54, 1.807) is 7.11 Å². The van der Waals surface area contributed by atoms with Gasteiger partial charge in [0, 0.05) is 21.4 Å². The molecule has 0 atom stereocenters. The monoisotopic (exact) mass is 383 g/mol. The lowest BCUT2D eigenvalue weighted by Gasteiger charge is -2.15. The standard InChI is InChI=1S/C16H18INO2/c1-3-20-15-10-6-7-12(16(15)19-2)11-18-14-9-5-4-8-13(14)17/h4-10,18H,3,11H2,1-2H3. The van der Waals surface area contributed by atoms with Gasteiger partial charge in [0.2, 0.25) is 0 Å². The number of anilines is 1. The highest BCUT2D eigenvalue weighted by atomic mass is 127. The Morgan fingerprint density at radius 3 is 2.60 bits per heavy atom. The summed E-state index contributed by atoms with van der Waals surface area (Å²) >= 11 is 2.32. The molecule has 106 valence electrons. The molecule has 3 nitrogen and oxygen atoms in total. The van der Waals surface area contributed by atoms with Crippen molar-refractivity contribution < 1.29 is 9.47 Å². The van der Waals surface area contributed by atoms with E-state index in [1.165, 1.54) is 3.57 Å². The zero-order valence-electron chi connectivity index (χ0n) is 11.7. The lowest BCUT2D eigenvalue weighted by molar-refractivity contribution is 0.309. The van der Waals surface area contributed by atoms with Gasteiger partial charge in [0.15, 0.2) is 11.5 Å². The smallest absolute Gasteiger partial charge is 0.165 e. The summed E-state index contributed by atoms with van der Waals surface area (Å²) in [7, 11) is 1.67. The summed E-state index contributed by atoms with van der Waals surface area (Å²) in [5.41, 5.74) is 2.20. The number of hydrogen-bond donors (Lipinski definition) is 1. The van der Waals surface area contributed by atoms with Crippen LogP contribution in [0.1, 0.15) is 12.5 Å². The highest BCUT2D eigenvalue weighted by Gasteiger charge is 2.10. The fourth-order valence-electron chi connectivity index (χ4n) is 2.00. The third-order valence-electron chi connectivity index (χ3n) is 2.91. The first-order valence-corrected chi connectivity index (χ1v) is 7.61. The summed E-state index contributed by atoms with van der Waals surface area (Å²) in [6.07, 6.45) is 0. The molecule has 20 heavy (non-hydrogen) atoms. The minimum atomic E-state index is 0.629. The summed E-state index contributed by atoms with van der Waals surface area (Å²) in [5, 5.41) is 3.43. The summed E-state index contributed by atoms with van der Waals surface area (Å²) in [4.78, 5) is 0. The largest absolute Gasteiger partial charge is 0.493 e. The lowest BCUT2D eigenvalue weighted by Crippen LogP contribution is -2.04. The Morgan fingerprint density at radius 1 is 1.10 bits per heavy atom. The van der Waals surface area contributed by atoms with Gasteiger partial charge in [-0.1, -0.05) is 24.3 Å².